The minimum absolute atomic E-state index is 0.154. The second-order valence-electron chi connectivity index (χ2n) is 6.28. The minimum atomic E-state index is -1.18. The van der Waals surface area contributed by atoms with Crippen molar-refractivity contribution in [1.29, 1.82) is 0 Å². The molecule has 1 aromatic carbocycles. The van der Waals surface area contributed by atoms with Gasteiger partial charge < -0.3 is 34.7 Å². The highest BCUT2D eigenvalue weighted by Crippen LogP contribution is 2.33. The molecule has 27 heavy (non-hydrogen) atoms. The summed E-state index contributed by atoms with van der Waals surface area (Å²) in [6.07, 6.45) is -1.07. The van der Waals surface area contributed by atoms with Gasteiger partial charge in [-0.2, -0.15) is 0 Å². The van der Waals surface area contributed by atoms with Gasteiger partial charge in [0, 0.05) is 12.6 Å². The summed E-state index contributed by atoms with van der Waals surface area (Å²) in [5.41, 5.74) is 6.43. The second-order valence-corrected chi connectivity index (χ2v) is 6.28. The van der Waals surface area contributed by atoms with Gasteiger partial charge in [0.1, 0.15) is 6.04 Å². The van der Waals surface area contributed by atoms with Crippen molar-refractivity contribution in [2.24, 2.45) is 5.73 Å². The van der Waals surface area contributed by atoms with Crippen molar-refractivity contribution in [3.63, 3.8) is 0 Å². The fourth-order valence-corrected chi connectivity index (χ4v) is 2.65. The highest BCUT2D eigenvalue weighted by atomic mass is 16.7. The summed E-state index contributed by atoms with van der Waals surface area (Å²) < 4.78 is 20.4. The van der Waals surface area contributed by atoms with E-state index < -0.39 is 31.0 Å². The molecule has 2 rings (SSSR count). The first kappa shape index (κ1) is 20.8. The highest BCUT2D eigenvalue weighted by molar-refractivity contribution is 5.76. The van der Waals surface area contributed by atoms with Crippen LogP contribution in [0.3, 0.4) is 0 Å². The van der Waals surface area contributed by atoms with Crippen LogP contribution in [-0.4, -0.2) is 60.4 Å². The number of ether oxygens (including phenoxy) is 4. The third kappa shape index (κ3) is 5.48. The standard InChI is InChI=1S/C18H26N2O7/c1-4-20(18(23)27-10-26-17(22)16(19)12(3)21)11(2)7-13-5-6-14-15(8-13)25-9-24-14/h5-6,8,11-12,16,21H,4,7,9-10,19H2,1-3H3. The van der Waals surface area contributed by atoms with Crippen molar-refractivity contribution in [2.75, 3.05) is 20.1 Å². The van der Waals surface area contributed by atoms with E-state index in [1.807, 2.05) is 32.0 Å². The van der Waals surface area contributed by atoms with Gasteiger partial charge in [-0.05, 0) is 44.9 Å². The summed E-state index contributed by atoms with van der Waals surface area (Å²) in [6.45, 7) is 5.16. The Morgan fingerprint density at radius 1 is 1.26 bits per heavy atom. The molecule has 0 aliphatic carbocycles. The monoisotopic (exact) mass is 382 g/mol. The first-order chi connectivity index (χ1) is 12.8. The first-order valence-corrected chi connectivity index (χ1v) is 8.75. The Balaban J connectivity index is 1.85. The number of hydrogen-bond donors (Lipinski definition) is 2. The molecule has 0 saturated carbocycles. The largest absolute Gasteiger partial charge is 0.454 e. The Morgan fingerprint density at radius 3 is 2.63 bits per heavy atom. The number of aliphatic hydroxyl groups excluding tert-OH is 1. The van der Waals surface area contributed by atoms with Crippen LogP contribution in [0.1, 0.15) is 26.3 Å². The molecular formula is C18H26N2O7. The number of esters is 1. The van der Waals surface area contributed by atoms with Crippen LogP contribution in [0, 0.1) is 0 Å². The molecule has 1 aliphatic heterocycles. The van der Waals surface area contributed by atoms with Crippen molar-refractivity contribution in [3.8, 4) is 11.5 Å². The van der Waals surface area contributed by atoms with Crippen molar-refractivity contribution in [1.82, 2.24) is 4.90 Å². The molecule has 1 amide bonds. The second kappa shape index (κ2) is 9.43. The van der Waals surface area contributed by atoms with Crippen LogP contribution in [0.2, 0.25) is 0 Å². The van der Waals surface area contributed by atoms with Gasteiger partial charge in [0.2, 0.25) is 13.6 Å². The van der Waals surface area contributed by atoms with Gasteiger partial charge in [0.05, 0.1) is 6.10 Å². The topological polar surface area (TPSA) is 121 Å². The molecule has 0 spiro atoms. The maximum atomic E-state index is 12.3. The number of amides is 1. The average Bonchev–Trinajstić information content (AvgIpc) is 3.09. The van der Waals surface area contributed by atoms with Crippen LogP contribution in [0.5, 0.6) is 11.5 Å². The van der Waals surface area contributed by atoms with E-state index in [1.165, 1.54) is 11.8 Å². The lowest BCUT2D eigenvalue weighted by molar-refractivity contribution is -0.156. The normalized spacial score (nSPS) is 15.6. The molecule has 3 N–H and O–H groups in total. The molecule has 1 heterocycles. The Labute approximate surface area is 157 Å². The summed E-state index contributed by atoms with van der Waals surface area (Å²) in [4.78, 5) is 25.3. The molecule has 9 nitrogen and oxygen atoms in total. The molecule has 9 heteroatoms. The third-order valence-corrected chi connectivity index (χ3v) is 4.25. The Hall–Kier alpha value is -2.52. The number of benzene rings is 1. The van der Waals surface area contributed by atoms with E-state index in [0.29, 0.717) is 24.5 Å². The van der Waals surface area contributed by atoms with E-state index in [1.54, 1.807) is 0 Å². The quantitative estimate of drug-likeness (QED) is 0.505. The molecule has 150 valence electrons. The number of fused-ring (bicyclic) bond motifs is 1. The lowest BCUT2D eigenvalue weighted by atomic mass is 10.1. The molecular weight excluding hydrogens is 356 g/mol. The van der Waals surface area contributed by atoms with Crippen LogP contribution in [0.25, 0.3) is 0 Å². The number of carbonyl (C=O) groups is 2. The number of rotatable bonds is 8. The zero-order chi connectivity index (χ0) is 20.0. The molecule has 3 atom stereocenters. The van der Waals surface area contributed by atoms with Crippen LogP contribution in [0.4, 0.5) is 4.79 Å². The lowest BCUT2D eigenvalue weighted by Crippen LogP contribution is -2.43. The molecule has 0 bridgehead atoms. The Bertz CT molecular complexity index is 665. The van der Waals surface area contributed by atoms with E-state index in [-0.39, 0.29) is 12.8 Å². The summed E-state index contributed by atoms with van der Waals surface area (Å²) in [5.74, 6) is 0.552. The number of aliphatic hydroxyl groups is 1. The molecule has 0 aromatic heterocycles. The van der Waals surface area contributed by atoms with Gasteiger partial charge in [-0.25, -0.2) is 4.79 Å². The van der Waals surface area contributed by atoms with E-state index in [2.05, 4.69) is 0 Å². The van der Waals surface area contributed by atoms with Gasteiger partial charge in [-0.1, -0.05) is 6.07 Å². The predicted octanol–water partition coefficient (Wildman–Crippen LogP) is 1.01. The predicted molar refractivity (Wildman–Crippen MR) is 95.2 cm³/mol. The number of likely N-dealkylation sites (N-methyl/N-ethyl adjacent to an activating group) is 1. The van der Waals surface area contributed by atoms with E-state index in [9.17, 15) is 14.7 Å². The van der Waals surface area contributed by atoms with Gasteiger partial charge in [-0.3, -0.25) is 4.79 Å². The molecule has 0 saturated heterocycles. The fraction of sp³-hybridized carbons (Fsp3) is 0.556. The van der Waals surface area contributed by atoms with Gasteiger partial charge in [0.25, 0.3) is 0 Å². The highest BCUT2D eigenvalue weighted by Gasteiger charge is 2.24. The molecule has 0 radical (unpaired) electrons. The van der Waals surface area contributed by atoms with Crippen LogP contribution in [-0.2, 0) is 20.7 Å². The molecule has 1 aromatic rings. The van der Waals surface area contributed by atoms with E-state index in [0.717, 1.165) is 5.56 Å². The summed E-state index contributed by atoms with van der Waals surface area (Å²) in [6, 6.07) is 4.30. The maximum Gasteiger partial charge on any atom is 0.412 e. The number of nitrogens with two attached hydrogens (primary N) is 1. The fourth-order valence-electron chi connectivity index (χ4n) is 2.65. The van der Waals surface area contributed by atoms with Gasteiger partial charge in [-0.15, -0.1) is 0 Å². The zero-order valence-electron chi connectivity index (χ0n) is 15.7. The van der Waals surface area contributed by atoms with Crippen LogP contribution < -0.4 is 15.2 Å². The summed E-state index contributed by atoms with van der Waals surface area (Å²) >= 11 is 0. The van der Waals surface area contributed by atoms with E-state index >= 15 is 0 Å². The Kier molecular flexibility index (Phi) is 7.26. The van der Waals surface area contributed by atoms with Gasteiger partial charge in [0.15, 0.2) is 11.5 Å². The number of carbonyl (C=O) groups excluding carboxylic acids is 2. The molecule has 1 aliphatic rings. The third-order valence-electron chi connectivity index (χ3n) is 4.25. The first-order valence-electron chi connectivity index (χ1n) is 8.75. The average molecular weight is 382 g/mol. The molecule has 0 fully saturated rings. The van der Waals surface area contributed by atoms with Crippen molar-refractivity contribution in [3.05, 3.63) is 23.8 Å². The van der Waals surface area contributed by atoms with Crippen LogP contribution in [0.15, 0.2) is 18.2 Å². The number of nitrogens with zero attached hydrogens (tertiary/aromatic N) is 1. The number of hydrogen-bond acceptors (Lipinski definition) is 8. The van der Waals surface area contributed by atoms with Crippen molar-refractivity contribution in [2.45, 2.75) is 45.4 Å². The zero-order valence-corrected chi connectivity index (χ0v) is 15.7. The van der Waals surface area contributed by atoms with Crippen molar-refractivity contribution < 1.29 is 33.6 Å². The summed E-state index contributed by atoms with van der Waals surface area (Å²) in [5, 5.41) is 9.24. The maximum absolute atomic E-state index is 12.3. The van der Waals surface area contributed by atoms with Crippen molar-refractivity contribution >= 4 is 12.1 Å². The molecule has 3 unspecified atom stereocenters. The smallest absolute Gasteiger partial charge is 0.412 e. The lowest BCUT2D eigenvalue weighted by Gasteiger charge is -2.27. The summed E-state index contributed by atoms with van der Waals surface area (Å²) in [7, 11) is 0. The van der Waals surface area contributed by atoms with Crippen LogP contribution >= 0.6 is 0 Å². The van der Waals surface area contributed by atoms with E-state index in [4.69, 9.17) is 24.7 Å². The minimum Gasteiger partial charge on any atom is -0.454 e. The Morgan fingerprint density at radius 2 is 1.96 bits per heavy atom. The SMILES string of the molecule is CCN(C(=O)OCOC(=O)C(N)C(C)O)C(C)Cc1ccc2c(c1)OCO2. The van der Waals surface area contributed by atoms with Gasteiger partial charge >= 0.3 is 12.1 Å².